The third-order valence-electron chi connectivity index (χ3n) is 8.59. The number of nitrogens with one attached hydrogen (secondary N) is 2. The van der Waals surface area contributed by atoms with Crippen molar-refractivity contribution in [3.8, 4) is 17.2 Å². The molecule has 0 bridgehead atoms. The number of ether oxygens (including phenoxy) is 3. The van der Waals surface area contributed by atoms with Crippen molar-refractivity contribution in [1.82, 2.24) is 20.4 Å². The summed E-state index contributed by atoms with van der Waals surface area (Å²) < 4.78 is 16.6. The van der Waals surface area contributed by atoms with E-state index < -0.39 is 11.6 Å². The first-order valence-corrected chi connectivity index (χ1v) is 15.3. The number of carbonyl (C=O) groups is 3. The van der Waals surface area contributed by atoms with Crippen LogP contribution in [0.2, 0.25) is 0 Å². The molecule has 2 aliphatic heterocycles. The molecule has 2 saturated heterocycles. The molecule has 2 fully saturated rings. The zero-order chi connectivity index (χ0) is 30.8. The van der Waals surface area contributed by atoms with Crippen molar-refractivity contribution in [1.29, 1.82) is 0 Å². The lowest BCUT2D eigenvalue weighted by Crippen LogP contribution is -2.72. The molecule has 2 aliphatic rings. The third kappa shape index (κ3) is 7.60. The van der Waals surface area contributed by atoms with Crippen LogP contribution in [-0.2, 0) is 27.3 Å². The Morgan fingerprint density at radius 2 is 1.67 bits per heavy atom. The summed E-state index contributed by atoms with van der Waals surface area (Å²) in [4.78, 5) is 43.7. The molecule has 3 amide bonds. The highest BCUT2D eigenvalue weighted by Gasteiger charge is 2.53. The highest BCUT2D eigenvalue weighted by molar-refractivity contribution is 6.00. The lowest BCUT2D eigenvalue weighted by atomic mass is 9.81. The minimum atomic E-state index is -0.834. The number of benzene rings is 2. The summed E-state index contributed by atoms with van der Waals surface area (Å²) in [5, 5.41) is 6.03. The molecule has 10 nitrogen and oxygen atoms in total. The smallest absolute Gasteiger partial charge is 0.246 e. The summed E-state index contributed by atoms with van der Waals surface area (Å²) in [5.74, 6) is 1.97. The van der Waals surface area contributed by atoms with Gasteiger partial charge in [0.15, 0.2) is 0 Å². The number of likely N-dealkylation sites (tertiary alicyclic amines) is 1. The second kappa shape index (κ2) is 15.1. The minimum Gasteiger partial charge on any atom is -0.496 e. The van der Waals surface area contributed by atoms with Crippen LogP contribution in [0.1, 0.15) is 56.6 Å². The van der Waals surface area contributed by atoms with Crippen LogP contribution in [0.15, 0.2) is 42.5 Å². The van der Waals surface area contributed by atoms with E-state index in [9.17, 15) is 14.4 Å². The monoisotopic (exact) mass is 594 g/mol. The first kappa shape index (κ1) is 32.1. The second-order valence-electron chi connectivity index (χ2n) is 11.3. The molecular formula is C33H46N4O6. The molecule has 0 unspecified atom stereocenters. The maximum Gasteiger partial charge on any atom is 0.246 e. The maximum atomic E-state index is 13.7. The van der Waals surface area contributed by atoms with Crippen LogP contribution in [0.4, 0.5) is 0 Å². The summed E-state index contributed by atoms with van der Waals surface area (Å²) in [6, 6.07) is 12.8. The van der Waals surface area contributed by atoms with Crippen LogP contribution in [-0.4, -0.2) is 86.6 Å². The fraction of sp³-hybridized carbons (Fsp3) is 0.545. The van der Waals surface area contributed by atoms with Crippen molar-refractivity contribution in [3.63, 3.8) is 0 Å². The van der Waals surface area contributed by atoms with Gasteiger partial charge in [-0.1, -0.05) is 37.3 Å². The van der Waals surface area contributed by atoms with Crippen LogP contribution < -0.4 is 24.8 Å². The van der Waals surface area contributed by atoms with E-state index in [1.807, 2.05) is 54.3 Å². The fourth-order valence-electron chi connectivity index (χ4n) is 6.20. The molecule has 43 heavy (non-hydrogen) atoms. The molecule has 0 saturated carbocycles. The van der Waals surface area contributed by atoms with Crippen LogP contribution in [0, 0.1) is 0 Å². The first-order valence-electron chi connectivity index (χ1n) is 15.3. The number of carbonyl (C=O) groups excluding carboxylic acids is 3. The van der Waals surface area contributed by atoms with Crippen molar-refractivity contribution in [2.45, 2.75) is 70.0 Å². The van der Waals surface area contributed by atoms with E-state index in [1.165, 1.54) is 0 Å². The number of nitrogens with zero attached hydrogens (tertiary/aromatic N) is 2. The van der Waals surface area contributed by atoms with Gasteiger partial charge >= 0.3 is 0 Å². The normalized spacial score (nSPS) is 18.3. The Hall–Kier alpha value is -3.79. The summed E-state index contributed by atoms with van der Waals surface area (Å²) in [6.45, 7) is 5.05. The van der Waals surface area contributed by atoms with Crippen molar-refractivity contribution in [2.75, 3.05) is 47.5 Å². The van der Waals surface area contributed by atoms with Crippen LogP contribution >= 0.6 is 0 Å². The minimum absolute atomic E-state index is 0.00139. The Kier molecular flexibility index (Phi) is 11.3. The second-order valence-corrected chi connectivity index (χ2v) is 11.3. The van der Waals surface area contributed by atoms with Crippen molar-refractivity contribution in [2.24, 2.45) is 0 Å². The van der Waals surface area contributed by atoms with Gasteiger partial charge in [0.05, 0.1) is 33.3 Å². The van der Waals surface area contributed by atoms with Gasteiger partial charge in [-0.25, -0.2) is 0 Å². The van der Waals surface area contributed by atoms with Gasteiger partial charge in [0, 0.05) is 44.9 Å². The summed E-state index contributed by atoms with van der Waals surface area (Å²) in [7, 11) is 4.86. The SMILES string of the molecule is CCCN1C(=O)[C@H](CCCCNC(=O)Cc2ccccc2)NC(=O)C12CCN(Cc1c(OC)cc(OC)cc1OC)CC2. The number of hydrogen-bond donors (Lipinski definition) is 2. The molecule has 2 N–H and O–H groups in total. The first-order chi connectivity index (χ1) is 20.8. The molecule has 234 valence electrons. The Morgan fingerprint density at radius 1 is 1.00 bits per heavy atom. The number of unbranched alkanes of at least 4 members (excludes halogenated alkanes) is 1. The van der Waals surface area contributed by atoms with Gasteiger partial charge in [0.1, 0.15) is 28.8 Å². The third-order valence-corrected chi connectivity index (χ3v) is 8.59. The predicted molar refractivity (Wildman–Crippen MR) is 164 cm³/mol. The van der Waals surface area contributed by atoms with E-state index in [-0.39, 0.29) is 17.7 Å². The number of amides is 3. The van der Waals surface area contributed by atoms with Gasteiger partial charge in [0.25, 0.3) is 0 Å². The fourth-order valence-corrected chi connectivity index (χ4v) is 6.20. The Balaban J connectivity index is 1.31. The van der Waals surface area contributed by atoms with Gasteiger partial charge in [-0.15, -0.1) is 0 Å². The van der Waals surface area contributed by atoms with Crippen molar-refractivity contribution >= 4 is 17.7 Å². The van der Waals surface area contributed by atoms with Gasteiger partial charge in [-0.3, -0.25) is 19.3 Å². The Labute approximate surface area is 255 Å². The zero-order valence-corrected chi connectivity index (χ0v) is 25.9. The number of rotatable bonds is 14. The molecule has 4 rings (SSSR count). The molecule has 2 aromatic rings. The average molecular weight is 595 g/mol. The molecular weight excluding hydrogens is 548 g/mol. The van der Waals surface area contributed by atoms with Crippen molar-refractivity contribution in [3.05, 3.63) is 53.6 Å². The van der Waals surface area contributed by atoms with E-state index in [1.54, 1.807) is 21.3 Å². The molecule has 2 aromatic carbocycles. The molecule has 0 aliphatic carbocycles. The van der Waals surface area contributed by atoms with E-state index >= 15 is 0 Å². The highest BCUT2D eigenvalue weighted by atomic mass is 16.5. The maximum absolute atomic E-state index is 13.7. The highest BCUT2D eigenvalue weighted by Crippen LogP contribution is 2.38. The largest absolute Gasteiger partial charge is 0.496 e. The number of piperidine rings is 1. The lowest BCUT2D eigenvalue weighted by Gasteiger charge is -2.51. The summed E-state index contributed by atoms with van der Waals surface area (Å²) >= 11 is 0. The molecule has 1 atom stereocenters. The zero-order valence-electron chi connectivity index (χ0n) is 25.9. The quantitative estimate of drug-likeness (QED) is 0.323. The molecule has 0 radical (unpaired) electrons. The van der Waals surface area contributed by atoms with Gasteiger partial charge in [0.2, 0.25) is 17.7 Å². The summed E-state index contributed by atoms with van der Waals surface area (Å²) in [5.41, 5.74) is 1.07. The molecule has 0 aromatic heterocycles. The molecule has 1 spiro atoms. The van der Waals surface area contributed by atoms with E-state index in [0.717, 1.165) is 30.4 Å². The number of methoxy groups -OCH3 is 3. The topological polar surface area (TPSA) is 109 Å². The number of piperazine rings is 1. The Morgan fingerprint density at radius 3 is 2.28 bits per heavy atom. The van der Waals surface area contributed by atoms with E-state index in [4.69, 9.17) is 14.2 Å². The standard InChI is InChI=1S/C33H46N4O6/c1-5-17-37-31(39)27(13-9-10-16-34-30(38)20-24-11-7-6-8-12-24)35-32(40)33(37)14-18-36(19-15-33)23-26-28(42-3)21-25(41-2)22-29(26)43-4/h6-8,11-12,21-22,27H,5,9-10,13-20,23H2,1-4H3,(H,34,38)(H,35,40)/t27-/m0/s1. The van der Waals surface area contributed by atoms with E-state index in [2.05, 4.69) is 15.5 Å². The number of hydrogen-bond acceptors (Lipinski definition) is 7. The average Bonchev–Trinajstić information content (AvgIpc) is 3.02. The van der Waals surface area contributed by atoms with Gasteiger partial charge < -0.3 is 29.7 Å². The van der Waals surface area contributed by atoms with Crippen molar-refractivity contribution < 1.29 is 28.6 Å². The van der Waals surface area contributed by atoms with Crippen LogP contribution in [0.3, 0.4) is 0 Å². The van der Waals surface area contributed by atoms with Crippen LogP contribution in [0.5, 0.6) is 17.2 Å². The van der Waals surface area contributed by atoms with Crippen LogP contribution in [0.25, 0.3) is 0 Å². The van der Waals surface area contributed by atoms with E-state index in [0.29, 0.717) is 75.7 Å². The Bertz CT molecular complexity index is 1220. The lowest BCUT2D eigenvalue weighted by molar-refractivity contribution is -0.161. The molecule has 10 heteroatoms. The van der Waals surface area contributed by atoms with Gasteiger partial charge in [-0.05, 0) is 44.1 Å². The predicted octanol–water partition coefficient (Wildman–Crippen LogP) is 3.31. The molecule has 2 heterocycles. The summed E-state index contributed by atoms with van der Waals surface area (Å²) in [6.07, 6.45) is 4.28. The van der Waals surface area contributed by atoms with Gasteiger partial charge in [-0.2, -0.15) is 0 Å².